The number of imidazole rings is 1. The molecule has 2 nitrogen and oxygen atoms in total. The molecule has 1 fully saturated rings. The second kappa shape index (κ2) is 6.80. The Morgan fingerprint density at radius 3 is 3.00 bits per heavy atom. The molecule has 114 valence electrons. The first-order valence-electron chi connectivity index (χ1n) is 7.48. The van der Waals surface area contributed by atoms with Crippen LogP contribution in [0.5, 0.6) is 0 Å². The van der Waals surface area contributed by atoms with Crippen LogP contribution >= 0.6 is 35.0 Å². The van der Waals surface area contributed by atoms with Crippen molar-refractivity contribution in [1.82, 2.24) is 9.55 Å². The van der Waals surface area contributed by atoms with E-state index in [9.17, 15) is 0 Å². The van der Waals surface area contributed by atoms with Crippen LogP contribution in [0, 0.1) is 0 Å². The van der Waals surface area contributed by atoms with Gasteiger partial charge in [-0.05, 0) is 37.7 Å². The lowest BCUT2D eigenvalue weighted by Gasteiger charge is -2.30. The smallest absolute Gasteiger partial charge is 0.111 e. The molecule has 21 heavy (non-hydrogen) atoms. The third-order valence-corrected chi connectivity index (χ3v) is 5.95. The van der Waals surface area contributed by atoms with Gasteiger partial charge in [0.15, 0.2) is 0 Å². The SMILES string of the molecule is CSC1CCCC(n2c(CCCl)nc3c(Cl)cccc32)C1. The van der Waals surface area contributed by atoms with E-state index in [2.05, 4.69) is 16.9 Å². The van der Waals surface area contributed by atoms with Gasteiger partial charge in [-0.15, -0.1) is 11.6 Å². The van der Waals surface area contributed by atoms with Crippen molar-refractivity contribution in [2.45, 2.75) is 43.4 Å². The molecule has 1 heterocycles. The van der Waals surface area contributed by atoms with Crippen molar-refractivity contribution in [2.24, 2.45) is 0 Å². The lowest BCUT2D eigenvalue weighted by atomic mass is 9.94. The number of nitrogens with zero attached hydrogens (tertiary/aromatic N) is 2. The summed E-state index contributed by atoms with van der Waals surface area (Å²) in [4.78, 5) is 4.77. The van der Waals surface area contributed by atoms with Gasteiger partial charge in [0.25, 0.3) is 0 Å². The maximum absolute atomic E-state index is 6.32. The van der Waals surface area contributed by atoms with E-state index < -0.39 is 0 Å². The summed E-state index contributed by atoms with van der Waals surface area (Å²) in [5.41, 5.74) is 2.08. The zero-order chi connectivity index (χ0) is 14.8. The zero-order valence-electron chi connectivity index (χ0n) is 12.2. The van der Waals surface area contributed by atoms with Crippen molar-refractivity contribution in [3.8, 4) is 0 Å². The van der Waals surface area contributed by atoms with Gasteiger partial charge >= 0.3 is 0 Å². The molecule has 0 bridgehead atoms. The third-order valence-electron chi connectivity index (χ3n) is 4.36. The van der Waals surface area contributed by atoms with Gasteiger partial charge in [0.05, 0.1) is 10.5 Å². The standard InChI is InChI=1S/C16H20Cl2N2S/c1-21-12-5-2-4-11(10-12)20-14-7-3-6-13(18)16(14)19-15(20)8-9-17/h3,6-7,11-12H,2,4-5,8-10H2,1H3. The molecule has 0 spiro atoms. The molecule has 1 aromatic heterocycles. The van der Waals surface area contributed by atoms with Crippen LogP contribution in [0.3, 0.4) is 0 Å². The minimum atomic E-state index is 0.526. The Labute approximate surface area is 140 Å². The number of halogens is 2. The minimum absolute atomic E-state index is 0.526. The van der Waals surface area contributed by atoms with E-state index in [0.29, 0.717) is 11.9 Å². The normalized spacial score (nSPS) is 22.8. The Kier molecular flexibility index (Phi) is 5.03. The van der Waals surface area contributed by atoms with Crippen molar-refractivity contribution >= 4 is 46.0 Å². The number of aryl methyl sites for hydroxylation is 1. The molecule has 0 amide bonds. The Hall–Kier alpha value is -0.380. The van der Waals surface area contributed by atoms with E-state index in [4.69, 9.17) is 28.2 Å². The number of aromatic nitrogens is 2. The number of para-hydroxylation sites is 1. The number of fused-ring (bicyclic) bond motifs is 1. The first-order chi connectivity index (χ1) is 10.2. The van der Waals surface area contributed by atoms with Crippen molar-refractivity contribution in [1.29, 1.82) is 0 Å². The average molecular weight is 343 g/mol. The summed E-state index contributed by atoms with van der Waals surface area (Å²) in [6.45, 7) is 0. The first-order valence-corrected chi connectivity index (χ1v) is 9.68. The highest BCUT2D eigenvalue weighted by atomic mass is 35.5. The third kappa shape index (κ3) is 3.06. The van der Waals surface area contributed by atoms with E-state index in [1.54, 1.807) is 0 Å². The summed E-state index contributed by atoms with van der Waals surface area (Å²) in [6.07, 6.45) is 8.08. The molecule has 3 rings (SSSR count). The predicted molar refractivity (Wildman–Crippen MR) is 94.0 cm³/mol. The lowest BCUT2D eigenvalue weighted by Crippen LogP contribution is -2.22. The van der Waals surface area contributed by atoms with Gasteiger partial charge in [0.2, 0.25) is 0 Å². The monoisotopic (exact) mass is 342 g/mol. The summed E-state index contributed by atoms with van der Waals surface area (Å²) in [5, 5.41) is 1.49. The molecule has 5 heteroatoms. The molecular weight excluding hydrogens is 323 g/mol. The fraction of sp³-hybridized carbons (Fsp3) is 0.562. The number of benzene rings is 1. The van der Waals surface area contributed by atoms with Gasteiger partial charge in [-0.3, -0.25) is 0 Å². The Morgan fingerprint density at radius 2 is 2.24 bits per heavy atom. The molecule has 1 aliphatic rings. The molecule has 1 saturated carbocycles. The number of hydrogen-bond acceptors (Lipinski definition) is 2. The van der Waals surface area contributed by atoms with Crippen molar-refractivity contribution in [2.75, 3.05) is 12.1 Å². The van der Waals surface area contributed by atoms with Crippen LogP contribution in [0.4, 0.5) is 0 Å². The highest BCUT2D eigenvalue weighted by Gasteiger charge is 2.26. The molecule has 1 aromatic carbocycles. The van der Waals surface area contributed by atoms with Gasteiger partial charge in [0, 0.05) is 23.6 Å². The van der Waals surface area contributed by atoms with Gasteiger partial charge in [-0.2, -0.15) is 11.8 Å². The van der Waals surface area contributed by atoms with Crippen LogP contribution in [0.1, 0.15) is 37.5 Å². The number of hydrogen-bond donors (Lipinski definition) is 0. The van der Waals surface area contributed by atoms with Gasteiger partial charge < -0.3 is 4.57 Å². The lowest BCUT2D eigenvalue weighted by molar-refractivity contribution is 0.360. The van der Waals surface area contributed by atoms with E-state index in [1.807, 2.05) is 23.9 Å². The molecule has 0 aliphatic heterocycles. The maximum atomic E-state index is 6.32. The molecule has 1 aliphatic carbocycles. The summed E-state index contributed by atoms with van der Waals surface area (Å²) < 4.78 is 2.41. The Morgan fingerprint density at radius 1 is 1.38 bits per heavy atom. The van der Waals surface area contributed by atoms with Crippen LogP contribution in [0.15, 0.2) is 18.2 Å². The van der Waals surface area contributed by atoms with Crippen LogP contribution in [-0.2, 0) is 6.42 Å². The van der Waals surface area contributed by atoms with Crippen molar-refractivity contribution in [3.63, 3.8) is 0 Å². The Bertz CT molecular complexity index is 626. The maximum Gasteiger partial charge on any atom is 0.111 e. The second-order valence-corrected chi connectivity index (χ2v) is 7.55. The summed E-state index contributed by atoms with van der Waals surface area (Å²) in [7, 11) is 0. The molecule has 0 radical (unpaired) electrons. The summed E-state index contributed by atoms with van der Waals surface area (Å²) in [5.74, 6) is 1.68. The summed E-state index contributed by atoms with van der Waals surface area (Å²) >= 11 is 14.3. The predicted octanol–water partition coefficient (Wildman–Crippen LogP) is 5.32. The first kappa shape index (κ1) is 15.5. The molecule has 2 unspecified atom stereocenters. The molecule has 2 aromatic rings. The van der Waals surface area contributed by atoms with E-state index in [0.717, 1.165) is 33.6 Å². The van der Waals surface area contributed by atoms with Crippen LogP contribution in [0.2, 0.25) is 5.02 Å². The van der Waals surface area contributed by atoms with Crippen LogP contribution in [0.25, 0.3) is 11.0 Å². The summed E-state index contributed by atoms with van der Waals surface area (Å²) in [6, 6.07) is 6.59. The zero-order valence-corrected chi connectivity index (χ0v) is 14.5. The average Bonchev–Trinajstić information content (AvgIpc) is 2.87. The fourth-order valence-electron chi connectivity index (χ4n) is 3.37. The minimum Gasteiger partial charge on any atom is -0.325 e. The van der Waals surface area contributed by atoms with Crippen molar-refractivity contribution < 1.29 is 0 Å². The number of rotatable bonds is 4. The van der Waals surface area contributed by atoms with Gasteiger partial charge in [-0.1, -0.05) is 24.1 Å². The quantitative estimate of drug-likeness (QED) is 0.700. The number of thioether (sulfide) groups is 1. The largest absolute Gasteiger partial charge is 0.325 e. The van der Waals surface area contributed by atoms with Crippen LogP contribution < -0.4 is 0 Å². The molecular formula is C16H20Cl2N2S. The number of alkyl halides is 1. The highest BCUT2D eigenvalue weighted by Crippen LogP contribution is 2.37. The molecule has 2 atom stereocenters. The van der Waals surface area contributed by atoms with Gasteiger partial charge in [-0.25, -0.2) is 4.98 Å². The van der Waals surface area contributed by atoms with Crippen molar-refractivity contribution in [3.05, 3.63) is 29.0 Å². The molecule has 0 saturated heterocycles. The highest BCUT2D eigenvalue weighted by molar-refractivity contribution is 7.99. The van der Waals surface area contributed by atoms with Crippen LogP contribution in [-0.4, -0.2) is 26.9 Å². The van der Waals surface area contributed by atoms with E-state index in [1.165, 1.54) is 25.7 Å². The van der Waals surface area contributed by atoms with E-state index >= 15 is 0 Å². The van der Waals surface area contributed by atoms with Gasteiger partial charge in [0.1, 0.15) is 11.3 Å². The molecule has 0 N–H and O–H groups in total. The second-order valence-electron chi connectivity index (χ2n) is 5.62. The fourth-order valence-corrected chi connectivity index (χ4v) is 4.57. The topological polar surface area (TPSA) is 17.8 Å². The van der Waals surface area contributed by atoms with E-state index in [-0.39, 0.29) is 0 Å². The Balaban J connectivity index is 2.06.